The van der Waals surface area contributed by atoms with Crippen LogP contribution in [-0.2, 0) is 4.79 Å². The number of hydrogen-bond acceptors (Lipinski definition) is 3. The van der Waals surface area contributed by atoms with Gasteiger partial charge in [-0.15, -0.1) is 0 Å². The Labute approximate surface area is 123 Å². The molecule has 1 aliphatic carbocycles. The van der Waals surface area contributed by atoms with Crippen LogP contribution < -0.4 is 0 Å². The van der Waals surface area contributed by atoms with Crippen LogP contribution in [0.3, 0.4) is 0 Å². The van der Waals surface area contributed by atoms with Crippen LogP contribution in [0.15, 0.2) is 36.5 Å². The number of fused-ring (bicyclic) bond motifs is 1. The molecule has 1 aromatic carbocycles. The van der Waals surface area contributed by atoms with Gasteiger partial charge < -0.3 is 4.90 Å². The van der Waals surface area contributed by atoms with E-state index >= 15 is 0 Å². The van der Waals surface area contributed by atoms with Gasteiger partial charge in [0.1, 0.15) is 11.5 Å². The van der Waals surface area contributed by atoms with Crippen LogP contribution in [0.5, 0.6) is 0 Å². The van der Waals surface area contributed by atoms with E-state index in [1.165, 1.54) is 0 Å². The third kappa shape index (κ3) is 2.66. The molecule has 0 bridgehead atoms. The minimum atomic E-state index is -0.0638. The number of benzene rings is 1. The Hall–Kier alpha value is -2.23. The van der Waals surface area contributed by atoms with E-state index < -0.39 is 0 Å². The Morgan fingerprint density at radius 1 is 1.19 bits per heavy atom. The highest BCUT2D eigenvalue weighted by Gasteiger charge is 2.27. The van der Waals surface area contributed by atoms with Crippen molar-refractivity contribution in [3.63, 3.8) is 0 Å². The largest absolute Gasteiger partial charge is 0.337 e. The topological polar surface area (TPSA) is 50.3 Å². The lowest BCUT2D eigenvalue weighted by molar-refractivity contribution is -0.121. The van der Waals surface area contributed by atoms with E-state index in [9.17, 15) is 9.59 Å². The summed E-state index contributed by atoms with van der Waals surface area (Å²) >= 11 is 0. The number of ketones is 1. The molecular weight excluding hydrogens is 264 g/mol. The summed E-state index contributed by atoms with van der Waals surface area (Å²) in [6, 6.07) is 9.82. The van der Waals surface area contributed by atoms with E-state index in [2.05, 4.69) is 4.98 Å². The normalized spacial score (nSPS) is 16.1. The lowest BCUT2D eigenvalue weighted by Gasteiger charge is -2.30. The fourth-order valence-electron chi connectivity index (χ4n) is 2.93. The lowest BCUT2D eigenvalue weighted by atomic mass is 9.93. The Morgan fingerprint density at radius 2 is 1.90 bits per heavy atom. The first-order valence-corrected chi connectivity index (χ1v) is 7.29. The fraction of sp³-hybridized carbons (Fsp3) is 0.353. The Kier molecular flexibility index (Phi) is 3.69. The second kappa shape index (κ2) is 5.64. The average molecular weight is 282 g/mol. The molecule has 0 radical (unpaired) electrons. The highest BCUT2D eigenvalue weighted by molar-refractivity contribution is 6.05. The van der Waals surface area contributed by atoms with E-state index in [4.69, 9.17) is 0 Å². The molecule has 0 aliphatic heterocycles. The summed E-state index contributed by atoms with van der Waals surface area (Å²) in [6.45, 7) is 0. The number of hydrogen-bond donors (Lipinski definition) is 0. The predicted molar refractivity (Wildman–Crippen MR) is 81.1 cm³/mol. The quantitative estimate of drug-likeness (QED) is 0.851. The number of carbonyl (C=O) groups excluding carboxylic acids is 2. The monoisotopic (exact) mass is 282 g/mol. The molecule has 0 spiro atoms. The van der Waals surface area contributed by atoms with Gasteiger partial charge in [0.2, 0.25) is 0 Å². The first-order chi connectivity index (χ1) is 10.2. The Morgan fingerprint density at radius 3 is 2.67 bits per heavy atom. The minimum absolute atomic E-state index is 0.0638. The van der Waals surface area contributed by atoms with Gasteiger partial charge >= 0.3 is 0 Å². The van der Waals surface area contributed by atoms with Gasteiger partial charge in [-0.3, -0.25) is 14.6 Å². The van der Waals surface area contributed by atoms with Crippen LogP contribution in [0.4, 0.5) is 0 Å². The number of rotatable bonds is 2. The fourth-order valence-corrected chi connectivity index (χ4v) is 2.93. The van der Waals surface area contributed by atoms with Crippen molar-refractivity contribution in [1.82, 2.24) is 9.88 Å². The third-order valence-corrected chi connectivity index (χ3v) is 4.26. The standard InChI is InChI=1S/C17H18N2O2/c1-19(13-6-8-14(20)9-7-13)17(21)16-15-5-3-2-4-12(15)10-11-18-16/h2-5,10-11,13H,6-9H2,1H3. The molecule has 4 heteroatoms. The van der Waals surface area contributed by atoms with Crippen LogP contribution >= 0.6 is 0 Å². The van der Waals surface area contributed by atoms with Gasteiger partial charge in [0, 0.05) is 37.5 Å². The molecule has 0 saturated heterocycles. The summed E-state index contributed by atoms with van der Waals surface area (Å²) in [6.07, 6.45) is 4.34. The maximum Gasteiger partial charge on any atom is 0.273 e. The third-order valence-electron chi connectivity index (χ3n) is 4.26. The molecule has 0 N–H and O–H groups in total. The Bertz CT molecular complexity index is 681. The van der Waals surface area contributed by atoms with E-state index in [1.54, 1.807) is 11.1 Å². The van der Waals surface area contributed by atoms with Gasteiger partial charge in [-0.05, 0) is 24.3 Å². The second-order valence-electron chi connectivity index (χ2n) is 5.57. The molecule has 0 unspecified atom stereocenters. The Balaban J connectivity index is 1.88. The lowest BCUT2D eigenvalue weighted by Crippen LogP contribution is -2.40. The first kappa shape index (κ1) is 13.7. The van der Waals surface area contributed by atoms with Gasteiger partial charge in [0.25, 0.3) is 5.91 Å². The smallest absolute Gasteiger partial charge is 0.273 e. The maximum atomic E-state index is 12.7. The first-order valence-electron chi connectivity index (χ1n) is 7.29. The number of aromatic nitrogens is 1. The molecule has 1 fully saturated rings. The number of carbonyl (C=O) groups is 2. The number of nitrogens with zero attached hydrogens (tertiary/aromatic N) is 2. The molecule has 0 atom stereocenters. The van der Waals surface area contributed by atoms with E-state index in [0.717, 1.165) is 23.6 Å². The predicted octanol–water partition coefficient (Wildman–Crippen LogP) is 2.82. The van der Waals surface area contributed by atoms with Crippen molar-refractivity contribution in [2.75, 3.05) is 7.05 Å². The van der Waals surface area contributed by atoms with Gasteiger partial charge in [-0.2, -0.15) is 0 Å². The van der Waals surface area contributed by atoms with Gasteiger partial charge in [-0.25, -0.2) is 0 Å². The molecule has 4 nitrogen and oxygen atoms in total. The van der Waals surface area contributed by atoms with Crippen molar-refractivity contribution in [2.45, 2.75) is 31.7 Å². The molecule has 1 aromatic heterocycles. The summed E-state index contributed by atoms with van der Waals surface area (Å²) in [5, 5.41) is 1.90. The molecule has 1 amide bonds. The average Bonchev–Trinajstić information content (AvgIpc) is 2.53. The molecule has 1 saturated carbocycles. The number of pyridine rings is 1. The van der Waals surface area contributed by atoms with Gasteiger partial charge in [0.15, 0.2) is 0 Å². The SMILES string of the molecule is CN(C(=O)c1nccc2ccccc12)C1CCC(=O)CC1. The molecular formula is C17H18N2O2. The van der Waals surface area contributed by atoms with Crippen LogP contribution in [0.1, 0.15) is 36.2 Å². The number of Topliss-reactive ketones (excluding diaryl/α,β-unsaturated/α-hetero) is 1. The van der Waals surface area contributed by atoms with Crippen LogP contribution in [0, 0.1) is 0 Å². The zero-order chi connectivity index (χ0) is 14.8. The van der Waals surface area contributed by atoms with E-state index in [0.29, 0.717) is 24.3 Å². The van der Waals surface area contributed by atoms with Crippen molar-refractivity contribution in [1.29, 1.82) is 0 Å². The van der Waals surface area contributed by atoms with E-state index in [1.807, 2.05) is 37.4 Å². The summed E-state index contributed by atoms with van der Waals surface area (Å²) in [5.41, 5.74) is 0.493. The molecule has 1 heterocycles. The summed E-state index contributed by atoms with van der Waals surface area (Å²) in [5.74, 6) is 0.238. The van der Waals surface area contributed by atoms with Crippen molar-refractivity contribution in [2.24, 2.45) is 0 Å². The van der Waals surface area contributed by atoms with Crippen molar-refractivity contribution in [3.8, 4) is 0 Å². The molecule has 1 aliphatic rings. The molecule has 108 valence electrons. The van der Waals surface area contributed by atoms with Crippen molar-refractivity contribution in [3.05, 3.63) is 42.2 Å². The highest BCUT2D eigenvalue weighted by atomic mass is 16.2. The molecule has 3 rings (SSSR count). The van der Waals surface area contributed by atoms with Crippen LogP contribution in [0.2, 0.25) is 0 Å². The zero-order valence-electron chi connectivity index (χ0n) is 12.1. The summed E-state index contributed by atoms with van der Waals surface area (Å²) in [4.78, 5) is 30.1. The van der Waals surface area contributed by atoms with Crippen molar-refractivity contribution >= 4 is 22.5 Å². The van der Waals surface area contributed by atoms with E-state index in [-0.39, 0.29) is 11.9 Å². The van der Waals surface area contributed by atoms with Gasteiger partial charge in [-0.1, -0.05) is 24.3 Å². The van der Waals surface area contributed by atoms with Gasteiger partial charge in [0.05, 0.1) is 0 Å². The molecule has 21 heavy (non-hydrogen) atoms. The van der Waals surface area contributed by atoms with Crippen LogP contribution in [0.25, 0.3) is 10.8 Å². The molecule has 2 aromatic rings. The second-order valence-corrected chi connectivity index (χ2v) is 5.57. The summed E-state index contributed by atoms with van der Waals surface area (Å²) < 4.78 is 0. The minimum Gasteiger partial charge on any atom is -0.337 e. The van der Waals surface area contributed by atoms with Crippen molar-refractivity contribution < 1.29 is 9.59 Å². The summed E-state index contributed by atoms with van der Waals surface area (Å²) in [7, 11) is 1.81. The maximum absolute atomic E-state index is 12.7. The number of amides is 1. The van der Waals surface area contributed by atoms with Crippen LogP contribution in [-0.4, -0.2) is 34.7 Å². The zero-order valence-corrected chi connectivity index (χ0v) is 12.1. The highest BCUT2D eigenvalue weighted by Crippen LogP contribution is 2.23.